The van der Waals surface area contributed by atoms with Gasteiger partial charge in [-0.25, -0.2) is 0 Å². The van der Waals surface area contributed by atoms with Gasteiger partial charge in [0.15, 0.2) is 0 Å². The van der Waals surface area contributed by atoms with E-state index in [9.17, 15) is 4.79 Å². The maximum absolute atomic E-state index is 11.9. The number of hydrogen-bond donors (Lipinski definition) is 1. The van der Waals surface area contributed by atoms with E-state index in [2.05, 4.69) is 19.2 Å². The van der Waals surface area contributed by atoms with Crippen molar-refractivity contribution in [3.63, 3.8) is 0 Å². The van der Waals surface area contributed by atoms with Gasteiger partial charge in [-0.2, -0.15) is 0 Å². The van der Waals surface area contributed by atoms with Gasteiger partial charge in [-0.3, -0.25) is 4.79 Å². The molecule has 0 spiro atoms. The third-order valence-electron chi connectivity index (χ3n) is 4.08. The smallest absolute Gasteiger partial charge is 0.222 e. The number of carbonyl (C=O) groups excluding carboxylic acids is 1. The van der Waals surface area contributed by atoms with Crippen LogP contribution in [-0.4, -0.2) is 37.0 Å². The normalized spacial score (nSPS) is 36.9. The van der Waals surface area contributed by atoms with Gasteiger partial charge in [-0.1, -0.05) is 13.8 Å². The summed E-state index contributed by atoms with van der Waals surface area (Å²) in [6.07, 6.45) is 1.94. The molecule has 0 aromatic carbocycles. The summed E-state index contributed by atoms with van der Waals surface area (Å²) in [5.74, 6) is 2.20. The lowest BCUT2D eigenvalue weighted by atomic mass is 9.72. The number of piperidine rings is 2. The molecule has 2 rings (SSSR count). The molecule has 2 aliphatic heterocycles. The summed E-state index contributed by atoms with van der Waals surface area (Å²) in [6, 6.07) is 0.434. The van der Waals surface area contributed by atoms with Gasteiger partial charge in [-0.05, 0) is 30.7 Å². The quantitative estimate of drug-likeness (QED) is 0.703. The van der Waals surface area contributed by atoms with E-state index in [4.69, 9.17) is 0 Å². The lowest BCUT2D eigenvalue weighted by Crippen LogP contribution is -2.57. The minimum Gasteiger partial charge on any atom is -0.342 e. The Morgan fingerprint density at radius 3 is 2.87 bits per heavy atom. The summed E-state index contributed by atoms with van der Waals surface area (Å²) in [6.45, 7) is 6.63. The standard InChI is InChI=1S/C12H22N2O/c1-8(2)12-10-7-13-5-4-9(10)6-11(15)14(12)3/h8-10,12-13H,4-7H2,1-3H3. The second-order valence-electron chi connectivity index (χ2n) is 5.36. The molecule has 0 aromatic heterocycles. The summed E-state index contributed by atoms with van der Waals surface area (Å²) in [4.78, 5) is 13.9. The summed E-state index contributed by atoms with van der Waals surface area (Å²) < 4.78 is 0. The van der Waals surface area contributed by atoms with Crippen molar-refractivity contribution in [1.82, 2.24) is 10.2 Å². The van der Waals surface area contributed by atoms with Gasteiger partial charge in [0.25, 0.3) is 0 Å². The first-order valence-electron chi connectivity index (χ1n) is 6.07. The van der Waals surface area contributed by atoms with Crippen LogP contribution in [0.2, 0.25) is 0 Å². The van der Waals surface area contributed by atoms with Crippen molar-refractivity contribution < 1.29 is 4.79 Å². The molecule has 0 aromatic rings. The SMILES string of the molecule is CC(C)C1C2CNCCC2CC(=O)N1C. The van der Waals surface area contributed by atoms with Crippen molar-refractivity contribution in [3.8, 4) is 0 Å². The minimum absolute atomic E-state index is 0.344. The number of carbonyl (C=O) groups is 1. The zero-order valence-corrected chi connectivity index (χ0v) is 9.99. The fourth-order valence-corrected chi connectivity index (χ4v) is 3.35. The Kier molecular flexibility index (Phi) is 3.01. The molecule has 0 aliphatic carbocycles. The first-order chi connectivity index (χ1) is 7.11. The second kappa shape index (κ2) is 4.12. The molecule has 2 fully saturated rings. The molecule has 3 heteroatoms. The van der Waals surface area contributed by atoms with Crippen molar-refractivity contribution in [2.45, 2.75) is 32.7 Å². The topological polar surface area (TPSA) is 32.3 Å². The Bertz CT molecular complexity index is 252. The predicted octanol–water partition coefficient (Wildman–Crippen LogP) is 1.10. The van der Waals surface area contributed by atoms with E-state index < -0.39 is 0 Å². The highest BCUT2D eigenvalue weighted by atomic mass is 16.2. The van der Waals surface area contributed by atoms with Crippen LogP contribution in [0.15, 0.2) is 0 Å². The Hall–Kier alpha value is -0.570. The van der Waals surface area contributed by atoms with Crippen molar-refractivity contribution in [2.24, 2.45) is 17.8 Å². The van der Waals surface area contributed by atoms with Gasteiger partial charge in [-0.15, -0.1) is 0 Å². The molecule has 2 heterocycles. The molecule has 15 heavy (non-hydrogen) atoms. The van der Waals surface area contributed by atoms with E-state index in [0.717, 1.165) is 19.5 Å². The fourth-order valence-electron chi connectivity index (χ4n) is 3.35. The number of amides is 1. The van der Waals surface area contributed by atoms with Gasteiger partial charge in [0.05, 0.1) is 0 Å². The van der Waals surface area contributed by atoms with E-state index in [1.165, 1.54) is 6.42 Å². The van der Waals surface area contributed by atoms with Crippen LogP contribution in [0.1, 0.15) is 26.7 Å². The predicted molar refractivity (Wildman–Crippen MR) is 60.5 cm³/mol. The largest absolute Gasteiger partial charge is 0.342 e. The molecule has 1 amide bonds. The molecule has 86 valence electrons. The highest BCUT2D eigenvalue weighted by Crippen LogP contribution is 2.36. The number of nitrogens with zero attached hydrogens (tertiary/aromatic N) is 1. The number of fused-ring (bicyclic) bond motifs is 1. The lowest BCUT2D eigenvalue weighted by molar-refractivity contribution is -0.142. The van der Waals surface area contributed by atoms with Crippen LogP contribution in [0.25, 0.3) is 0 Å². The average Bonchev–Trinajstić information content (AvgIpc) is 2.19. The Balaban J connectivity index is 2.19. The molecule has 1 N–H and O–H groups in total. The lowest BCUT2D eigenvalue weighted by Gasteiger charge is -2.48. The zero-order chi connectivity index (χ0) is 11.0. The Morgan fingerprint density at radius 1 is 1.47 bits per heavy atom. The average molecular weight is 210 g/mol. The van der Waals surface area contributed by atoms with Crippen molar-refractivity contribution in [1.29, 1.82) is 0 Å². The highest BCUT2D eigenvalue weighted by molar-refractivity contribution is 5.77. The monoisotopic (exact) mass is 210 g/mol. The second-order valence-corrected chi connectivity index (χ2v) is 5.36. The van der Waals surface area contributed by atoms with E-state index in [-0.39, 0.29) is 0 Å². The third kappa shape index (κ3) is 1.89. The third-order valence-corrected chi connectivity index (χ3v) is 4.08. The zero-order valence-electron chi connectivity index (χ0n) is 9.99. The van der Waals surface area contributed by atoms with E-state index >= 15 is 0 Å². The van der Waals surface area contributed by atoms with E-state index in [0.29, 0.717) is 29.7 Å². The summed E-state index contributed by atoms with van der Waals surface area (Å²) in [5, 5.41) is 3.47. The summed E-state index contributed by atoms with van der Waals surface area (Å²) in [7, 11) is 1.97. The number of hydrogen-bond acceptors (Lipinski definition) is 2. The number of nitrogens with one attached hydrogen (secondary N) is 1. The Labute approximate surface area is 92.2 Å². The van der Waals surface area contributed by atoms with Crippen LogP contribution < -0.4 is 5.32 Å². The molecule has 2 saturated heterocycles. The maximum atomic E-state index is 11.9. The van der Waals surface area contributed by atoms with Gasteiger partial charge < -0.3 is 10.2 Å². The summed E-state index contributed by atoms with van der Waals surface area (Å²) >= 11 is 0. The van der Waals surface area contributed by atoms with Crippen molar-refractivity contribution in [3.05, 3.63) is 0 Å². The van der Waals surface area contributed by atoms with Gasteiger partial charge in [0.1, 0.15) is 0 Å². The van der Waals surface area contributed by atoms with E-state index in [1.54, 1.807) is 0 Å². The molecular weight excluding hydrogens is 188 g/mol. The van der Waals surface area contributed by atoms with Crippen molar-refractivity contribution in [2.75, 3.05) is 20.1 Å². The number of likely N-dealkylation sites (tertiary alicyclic amines) is 1. The first kappa shape index (κ1) is 10.9. The van der Waals surface area contributed by atoms with Gasteiger partial charge >= 0.3 is 0 Å². The minimum atomic E-state index is 0.344. The van der Waals surface area contributed by atoms with Crippen LogP contribution in [-0.2, 0) is 4.79 Å². The number of rotatable bonds is 1. The molecule has 0 radical (unpaired) electrons. The molecule has 0 bridgehead atoms. The van der Waals surface area contributed by atoms with Crippen LogP contribution in [0.3, 0.4) is 0 Å². The maximum Gasteiger partial charge on any atom is 0.222 e. The van der Waals surface area contributed by atoms with Crippen LogP contribution in [0.4, 0.5) is 0 Å². The van der Waals surface area contributed by atoms with Gasteiger partial charge in [0, 0.05) is 26.1 Å². The fraction of sp³-hybridized carbons (Fsp3) is 0.917. The summed E-state index contributed by atoms with van der Waals surface area (Å²) in [5.41, 5.74) is 0. The van der Waals surface area contributed by atoms with Crippen LogP contribution in [0, 0.1) is 17.8 Å². The Morgan fingerprint density at radius 2 is 2.20 bits per heavy atom. The molecule has 0 saturated carbocycles. The molecule has 3 unspecified atom stereocenters. The first-order valence-corrected chi connectivity index (χ1v) is 6.07. The highest BCUT2D eigenvalue weighted by Gasteiger charge is 2.42. The molecule has 3 nitrogen and oxygen atoms in total. The molecule has 3 atom stereocenters. The molecular formula is C12H22N2O. The van der Waals surface area contributed by atoms with Gasteiger partial charge in [0.2, 0.25) is 5.91 Å². The van der Waals surface area contributed by atoms with Crippen LogP contribution in [0.5, 0.6) is 0 Å². The van der Waals surface area contributed by atoms with E-state index in [1.807, 2.05) is 11.9 Å². The molecule has 2 aliphatic rings. The van der Waals surface area contributed by atoms with Crippen molar-refractivity contribution >= 4 is 5.91 Å². The van der Waals surface area contributed by atoms with Crippen LogP contribution >= 0.6 is 0 Å².